The van der Waals surface area contributed by atoms with E-state index < -0.39 is 5.54 Å². The molecule has 0 amide bonds. The van der Waals surface area contributed by atoms with Gasteiger partial charge in [-0.05, 0) is 86.9 Å². The minimum absolute atomic E-state index is 0.0696. The lowest BCUT2D eigenvalue weighted by atomic mass is 9.70. The molecule has 0 saturated heterocycles. The van der Waals surface area contributed by atoms with Gasteiger partial charge in [0.05, 0.1) is 19.5 Å². The van der Waals surface area contributed by atoms with Crippen LogP contribution in [-0.2, 0) is 21.7 Å². The lowest BCUT2D eigenvalue weighted by Gasteiger charge is -2.44. The summed E-state index contributed by atoms with van der Waals surface area (Å²) in [5.74, 6) is 1.66. The van der Waals surface area contributed by atoms with E-state index in [2.05, 4.69) is 72.4 Å². The average Bonchev–Trinajstić information content (AvgIpc) is 3.40. The molecule has 3 aromatic rings. The molecular formula is C36H44FN3O2S. The second-order valence-corrected chi connectivity index (χ2v) is 13.2. The lowest BCUT2D eigenvalue weighted by molar-refractivity contribution is -0.148. The third-order valence-electron chi connectivity index (χ3n) is 9.21. The van der Waals surface area contributed by atoms with Crippen molar-refractivity contribution in [2.24, 2.45) is 16.8 Å². The predicted molar refractivity (Wildman–Crippen MR) is 175 cm³/mol. The summed E-state index contributed by atoms with van der Waals surface area (Å²) in [6, 6.07) is 28.0. The van der Waals surface area contributed by atoms with Crippen molar-refractivity contribution in [1.29, 1.82) is 0 Å². The molecular weight excluding hydrogens is 557 g/mol. The minimum Gasteiger partial charge on any atom is -0.467 e. The van der Waals surface area contributed by atoms with Crippen LogP contribution in [-0.4, -0.2) is 67.2 Å². The maximum atomic E-state index is 14.2. The van der Waals surface area contributed by atoms with Gasteiger partial charge in [-0.25, -0.2) is 9.18 Å². The van der Waals surface area contributed by atoms with E-state index in [1.54, 1.807) is 17.8 Å². The van der Waals surface area contributed by atoms with Crippen molar-refractivity contribution >= 4 is 24.1 Å². The number of esters is 1. The van der Waals surface area contributed by atoms with Crippen LogP contribution in [0.2, 0.25) is 0 Å². The van der Waals surface area contributed by atoms with Gasteiger partial charge in [0.1, 0.15) is 5.82 Å². The van der Waals surface area contributed by atoms with Crippen molar-refractivity contribution in [3.8, 4) is 0 Å². The molecule has 3 aromatic carbocycles. The van der Waals surface area contributed by atoms with E-state index in [0.29, 0.717) is 17.6 Å². The van der Waals surface area contributed by atoms with Crippen LogP contribution in [0.5, 0.6) is 0 Å². The molecule has 7 heteroatoms. The first-order valence-electron chi connectivity index (χ1n) is 15.4. The molecule has 1 aliphatic carbocycles. The average molecular weight is 602 g/mol. The summed E-state index contributed by atoms with van der Waals surface area (Å²) in [5, 5.41) is 0. The highest BCUT2D eigenvalue weighted by Crippen LogP contribution is 2.45. The lowest BCUT2D eigenvalue weighted by Crippen LogP contribution is -2.57. The van der Waals surface area contributed by atoms with Crippen LogP contribution in [0.15, 0.2) is 89.9 Å². The number of benzene rings is 3. The van der Waals surface area contributed by atoms with Crippen LogP contribution < -0.4 is 0 Å². The molecule has 1 heterocycles. The molecule has 3 atom stereocenters. The first-order valence-corrected chi connectivity index (χ1v) is 16.5. The van der Waals surface area contributed by atoms with Crippen molar-refractivity contribution in [3.05, 3.63) is 107 Å². The van der Waals surface area contributed by atoms with E-state index in [0.717, 1.165) is 50.0 Å². The van der Waals surface area contributed by atoms with Crippen molar-refractivity contribution in [2.75, 3.05) is 33.5 Å². The van der Waals surface area contributed by atoms with Crippen LogP contribution in [0.1, 0.15) is 48.4 Å². The maximum absolute atomic E-state index is 14.2. The quantitative estimate of drug-likeness (QED) is 0.209. The molecule has 1 aliphatic heterocycles. The Morgan fingerprint density at radius 3 is 2.30 bits per heavy atom. The number of ether oxygens (including phenoxy) is 1. The van der Waals surface area contributed by atoms with Gasteiger partial charge in [0, 0.05) is 24.1 Å². The Morgan fingerprint density at radius 2 is 1.67 bits per heavy atom. The molecule has 43 heavy (non-hydrogen) atoms. The molecule has 0 bridgehead atoms. The smallest absolute Gasteiger partial charge is 0.336 e. The van der Waals surface area contributed by atoms with Gasteiger partial charge in [-0.2, -0.15) is 11.8 Å². The van der Waals surface area contributed by atoms with Gasteiger partial charge in [0.15, 0.2) is 5.54 Å². The molecule has 5 rings (SSSR count). The second-order valence-electron chi connectivity index (χ2n) is 12.2. The number of aliphatic imine (C=N–C) groups is 1. The van der Waals surface area contributed by atoms with Gasteiger partial charge in [0.25, 0.3) is 0 Å². The van der Waals surface area contributed by atoms with Gasteiger partial charge in [-0.1, -0.05) is 72.8 Å². The summed E-state index contributed by atoms with van der Waals surface area (Å²) in [7, 11) is 5.66. The summed E-state index contributed by atoms with van der Waals surface area (Å²) >= 11 is 1.75. The zero-order chi connectivity index (χ0) is 30.2. The van der Waals surface area contributed by atoms with Crippen molar-refractivity contribution in [1.82, 2.24) is 9.80 Å². The number of methoxy groups -OCH3 is 1. The van der Waals surface area contributed by atoms with Crippen LogP contribution in [0.4, 0.5) is 4.39 Å². The van der Waals surface area contributed by atoms with E-state index in [-0.39, 0.29) is 23.9 Å². The van der Waals surface area contributed by atoms with Gasteiger partial charge < -0.3 is 14.5 Å². The fourth-order valence-corrected chi connectivity index (χ4v) is 8.45. The molecule has 5 nitrogen and oxygen atoms in total. The van der Waals surface area contributed by atoms with E-state index >= 15 is 0 Å². The van der Waals surface area contributed by atoms with Gasteiger partial charge >= 0.3 is 5.97 Å². The molecule has 1 fully saturated rings. The highest BCUT2D eigenvalue weighted by atomic mass is 32.2. The fraction of sp³-hybridized carbons (Fsp3) is 0.444. The number of halogens is 1. The molecule has 3 unspecified atom stereocenters. The standard InChI is InChI=1S/C36H44FN3O2S/c1-39(2)33(31-15-10-16-32(37)23-31)29-17-19-30(20-18-29)34-36(35(41)42-3,25-43-24-28-13-8-5-9-14-28)38-26-40(34)22-21-27-11-6-4-7-12-27/h4-16,23,26,29-30,33-34H,17-22,24-25H2,1-3H3. The van der Waals surface area contributed by atoms with Crippen molar-refractivity contribution < 1.29 is 13.9 Å². The molecule has 0 radical (unpaired) electrons. The maximum Gasteiger partial charge on any atom is 0.336 e. The molecule has 0 aromatic heterocycles. The molecule has 2 aliphatic rings. The highest BCUT2D eigenvalue weighted by Gasteiger charge is 2.55. The zero-order valence-electron chi connectivity index (χ0n) is 25.6. The molecule has 0 spiro atoms. The Kier molecular flexibility index (Phi) is 10.6. The first kappa shape index (κ1) is 31.3. The molecule has 1 saturated carbocycles. The van der Waals surface area contributed by atoms with Crippen LogP contribution in [0.3, 0.4) is 0 Å². The van der Waals surface area contributed by atoms with E-state index in [1.165, 1.54) is 24.3 Å². The van der Waals surface area contributed by atoms with E-state index in [1.807, 2.05) is 30.6 Å². The number of hydrogen-bond donors (Lipinski definition) is 0. The van der Waals surface area contributed by atoms with E-state index in [9.17, 15) is 9.18 Å². The van der Waals surface area contributed by atoms with E-state index in [4.69, 9.17) is 9.73 Å². The second kappa shape index (κ2) is 14.5. The number of hydrogen-bond acceptors (Lipinski definition) is 6. The van der Waals surface area contributed by atoms with Crippen LogP contribution in [0.25, 0.3) is 0 Å². The van der Waals surface area contributed by atoms with Gasteiger partial charge in [-0.3, -0.25) is 4.99 Å². The van der Waals surface area contributed by atoms with Crippen molar-refractivity contribution in [3.63, 3.8) is 0 Å². The number of thioether (sulfide) groups is 1. The van der Waals surface area contributed by atoms with Crippen molar-refractivity contribution in [2.45, 2.75) is 55.5 Å². The Morgan fingerprint density at radius 1 is 1.00 bits per heavy atom. The number of carbonyl (C=O) groups excluding carboxylic acids is 1. The largest absolute Gasteiger partial charge is 0.467 e. The van der Waals surface area contributed by atoms with Gasteiger partial charge in [0.2, 0.25) is 0 Å². The third-order valence-corrected chi connectivity index (χ3v) is 10.4. The Bertz CT molecular complexity index is 1350. The van der Waals surface area contributed by atoms with Gasteiger partial charge in [-0.15, -0.1) is 0 Å². The first-order chi connectivity index (χ1) is 20.9. The number of carbonyl (C=O) groups is 1. The zero-order valence-corrected chi connectivity index (χ0v) is 26.4. The van der Waals surface area contributed by atoms with Crippen LogP contribution >= 0.6 is 11.8 Å². The summed E-state index contributed by atoms with van der Waals surface area (Å²) in [5.41, 5.74) is 2.59. The Labute approximate surface area is 260 Å². The summed E-state index contributed by atoms with van der Waals surface area (Å²) in [4.78, 5) is 23.3. The normalized spacial score (nSPS) is 24.3. The minimum atomic E-state index is -0.952. The van der Waals surface area contributed by atoms with Crippen LogP contribution in [0, 0.1) is 17.7 Å². The number of rotatable bonds is 12. The third kappa shape index (κ3) is 7.32. The summed E-state index contributed by atoms with van der Waals surface area (Å²) < 4.78 is 19.7. The molecule has 0 N–H and O–H groups in total. The summed E-state index contributed by atoms with van der Waals surface area (Å²) in [6.07, 6.45) is 6.82. The molecule has 228 valence electrons. The predicted octanol–water partition coefficient (Wildman–Crippen LogP) is 7.04. The monoisotopic (exact) mass is 601 g/mol. The number of nitrogens with zero attached hydrogens (tertiary/aromatic N) is 3. The fourth-order valence-electron chi connectivity index (χ4n) is 7.25. The Balaban J connectivity index is 1.37. The SMILES string of the molecule is COC(=O)C1(CSCc2ccccc2)N=CN(CCc2ccccc2)C1C1CCC(C(c2cccc(F)c2)N(C)C)CC1. The topological polar surface area (TPSA) is 45.1 Å². The highest BCUT2D eigenvalue weighted by molar-refractivity contribution is 7.98. The Hall–Kier alpha value is -3.16. The summed E-state index contributed by atoms with van der Waals surface area (Å²) in [6.45, 7) is 0.795.